The van der Waals surface area contributed by atoms with Crippen molar-refractivity contribution in [2.75, 3.05) is 7.11 Å². The van der Waals surface area contributed by atoms with Gasteiger partial charge in [-0.1, -0.05) is 54.1 Å². The fourth-order valence-electron chi connectivity index (χ4n) is 3.71. The molecule has 0 heterocycles. The second kappa shape index (κ2) is 11.2. The number of methoxy groups -OCH3 is 1. The Morgan fingerprint density at radius 3 is 2.32 bits per heavy atom. The first kappa shape index (κ1) is 25.8. The van der Waals surface area contributed by atoms with Crippen molar-refractivity contribution in [2.24, 2.45) is 10.7 Å². The third kappa shape index (κ3) is 6.28. The maximum atomic E-state index is 12.7. The molecular formula is C28H23ClN4O3S. The molecule has 0 aliphatic carbocycles. The van der Waals surface area contributed by atoms with Gasteiger partial charge in [-0.15, -0.1) is 0 Å². The van der Waals surface area contributed by atoms with Crippen LogP contribution in [0.2, 0.25) is 5.02 Å². The van der Waals surface area contributed by atoms with Crippen molar-refractivity contribution in [3.8, 4) is 34.1 Å². The van der Waals surface area contributed by atoms with Gasteiger partial charge in [0.1, 0.15) is 5.75 Å². The molecule has 4 rings (SSSR count). The zero-order valence-electron chi connectivity index (χ0n) is 19.9. The Morgan fingerprint density at radius 1 is 0.973 bits per heavy atom. The van der Waals surface area contributed by atoms with Gasteiger partial charge in [0, 0.05) is 11.1 Å². The highest BCUT2D eigenvalue weighted by atomic mass is 35.5. The molecule has 0 saturated heterocycles. The van der Waals surface area contributed by atoms with Crippen molar-refractivity contribution in [1.29, 1.82) is 5.26 Å². The number of hydrogen-bond donors (Lipinski definition) is 2. The average Bonchev–Trinajstić information content (AvgIpc) is 2.92. The average molecular weight is 531 g/mol. The van der Waals surface area contributed by atoms with Gasteiger partial charge in [0.2, 0.25) is 5.96 Å². The number of hydrogen-bond acceptors (Lipinski definition) is 5. The second-order valence-electron chi connectivity index (χ2n) is 8.06. The summed E-state index contributed by atoms with van der Waals surface area (Å²) in [4.78, 5) is 4.25. The summed E-state index contributed by atoms with van der Waals surface area (Å²) in [5.41, 5.74) is 11.1. The van der Waals surface area contributed by atoms with Gasteiger partial charge in [0.05, 0.1) is 30.2 Å². The minimum absolute atomic E-state index is 0.0156. The van der Waals surface area contributed by atoms with Gasteiger partial charge in [-0.05, 0) is 70.3 Å². The molecule has 0 saturated carbocycles. The number of nitrogens with zero attached hydrogens (tertiary/aromatic N) is 2. The topological polar surface area (TPSA) is 118 Å². The molecule has 9 heteroatoms. The van der Waals surface area contributed by atoms with Gasteiger partial charge < -0.3 is 10.5 Å². The molecule has 4 aromatic rings. The van der Waals surface area contributed by atoms with Crippen LogP contribution >= 0.6 is 11.6 Å². The van der Waals surface area contributed by atoms with Crippen LogP contribution in [0.25, 0.3) is 22.3 Å². The predicted octanol–water partition coefficient (Wildman–Crippen LogP) is 5.35. The van der Waals surface area contributed by atoms with Crippen LogP contribution < -0.4 is 15.2 Å². The smallest absolute Gasteiger partial charge is 0.264 e. The first-order valence-electron chi connectivity index (χ1n) is 11.2. The lowest BCUT2D eigenvalue weighted by molar-refractivity contribution is 0.413. The zero-order chi connectivity index (χ0) is 26.4. The maximum absolute atomic E-state index is 12.7. The largest absolute Gasteiger partial charge is 0.497 e. The first-order chi connectivity index (χ1) is 17.8. The van der Waals surface area contributed by atoms with Crippen LogP contribution in [-0.4, -0.2) is 21.5 Å². The fourth-order valence-corrected chi connectivity index (χ4v) is 4.82. The Morgan fingerprint density at radius 2 is 1.65 bits per heavy atom. The molecule has 0 aliphatic rings. The van der Waals surface area contributed by atoms with Gasteiger partial charge in [0.15, 0.2) is 0 Å². The van der Waals surface area contributed by atoms with Crippen LogP contribution in [0, 0.1) is 11.3 Å². The van der Waals surface area contributed by atoms with Crippen molar-refractivity contribution < 1.29 is 13.2 Å². The SMILES string of the molecule is COc1cccc(S(=O)(=O)NC(N)=NCc2ccc(-c3ccc(C#N)cc3)c(-c3ccc(Cl)cc3)c2)c1. The molecule has 0 spiro atoms. The van der Waals surface area contributed by atoms with Crippen LogP contribution in [0.3, 0.4) is 0 Å². The molecule has 37 heavy (non-hydrogen) atoms. The van der Waals surface area contributed by atoms with E-state index >= 15 is 0 Å². The standard InChI is InChI=1S/C28H23ClN4O3S/c1-36-24-3-2-4-25(16-24)37(34,35)33-28(31)32-18-20-7-14-26(21-8-5-19(17-30)6-9-21)27(15-20)22-10-12-23(29)13-11-22/h2-16H,18H2,1H3,(H3,31,32,33). The van der Waals surface area contributed by atoms with Crippen LogP contribution in [0.5, 0.6) is 5.75 Å². The normalized spacial score (nSPS) is 11.5. The highest BCUT2D eigenvalue weighted by molar-refractivity contribution is 7.90. The van der Waals surface area contributed by atoms with Gasteiger partial charge in [-0.25, -0.2) is 18.1 Å². The highest BCUT2D eigenvalue weighted by Crippen LogP contribution is 2.34. The Balaban J connectivity index is 1.62. The predicted molar refractivity (Wildman–Crippen MR) is 146 cm³/mol. The number of halogens is 1. The van der Waals surface area contributed by atoms with E-state index in [0.29, 0.717) is 16.3 Å². The minimum Gasteiger partial charge on any atom is -0.497 e. The quantitative estimate of drug-likeness (QED) is 0.247. The van der Waals surface area contributed by atoms with Crippen LogP contribution in [-0.2, 0) is 16.6 Å². The van der Waals surface area contributed by atoms with Crippen molar-refractivity contribution in [2.45, 2.75) is 11.4 Å². The van der Waals surface area contributed by atoms with E-state index in [-0.39, 0.29) is 17.4 Å². The van der Waals surface area contributed by atoms with Crippen molar-refractivity contribution >= 4 is 27.6 Å². The summed E-state index contributed by atoms with van der Waals surface area (Å²) in [5.74, 6) is 0.183. The fraction of sp³-hybridized carbons (Fsp3) is 0.0714. The van der Waals surface area contributed by atoms with Crippen molar-refractivity contribution in [3.05, 3.63) is 107 Å². The molecule has 0 radical (unpaired) electrons. The van der Waals surface area contributed by atoms with E-state index in [1.54, 1.807) is 24.3 Å². The number of nitrogens with one attached hydrogen (secondary N) is 1. The second-order valence-corrected chi connectivity index (χ2v) is 10.2. The van der Waals surface area contributed by atoms with Gasteiger partial charge >= 0.3 is 0 Å². The Labute approximate surface area is 220 Å². The van der Waals surface area contributed by atoms with E-state index in [0.717, 1.165) is 27.8 Å². The summed E-state index contributed by atoms with van der Waals surface area (Å²) in [6.45, 7) is 0.153. The molecule has 3 N–H and O–H groups in total. The molecule has 0 aliphatic heterocycles. The van der Waals surface area contributed by atoms with Crippen LogP contribution in [0.4, 0.5) is 0 Å². The first-order valence-corrected chi connectivity index (χ1v) is 13.0. The molecule has 0 bridgehead atoms. The number of guanidine groups is 1. The van der Waals surface area contributed by atoms with Gasteiger partial charge in [0.25, 0.3) is 10.0 Å². The molecule has 7 nitrogen and oxygen atoms in total. The number of aliphatic imine (C=N–C) groups is 1. The molecule has 186 valence electrons. The van der Waals surface area contributed by atoms with Crippen LogP contribution in [0.15, 0.2) is 101 Å². The Kier molecular flexibility index (Phi) is 7.77. The molecular weight excluding hydrogens is 508 g/mol. The lowest BCUT2D eigenvalue weighted by atomic mass is 9.92. The molecule has 0 amide bonds. The molecule has 0 fully saturated rings. The summed E-state index contributed by atoms with van der Waals surface area (Å²) < 4.78 is 32.7. The number of rotatable bonds is 7. The monoisotopic (exact) mass is 530 g/mol. The molecule has 0 aromatic heterocycles. The van der Waals surface area contributed by atoms with E-state index in [9.17, 15) is 8.42 Å². The summed E-state index contributed by atoms with van der Waals surface area (Å²) >= 11 is 6.09. The number of benzene rings is 4. The van der Waals surface area contributed by atoms with Gasteiger partial charge in [-0.3, -0.25) is 0 Å². The van der Waals surface area contributed by atoms with Crippen LogP contribution in [0.1, 0.15) is 11.1 Å². The third-order valence-corrected chi connectivity index (χ3v) is 7.19. The third-order valence-electron chi connectivity index (χ3n) is 5.59. The Bertz CT molecular complexity index is 1590. The number of ether oxygens (including phenoxy) is 1. The highest BCUT2D eigenvalue weighted by Gasteiger charge is 2.16. The van der Waals surface area contributed by atoms with E-state index in [1.165, 1.54) is 19.2 Å². The van der Waals surface area contributed by atoms with E-state index < -0.39 is 10.0 Å². The number of sulfonamides is 1. The number of nitriles is 1. The zero-order valence-corrected chi connectivity index (χ0v) is 21.4. The summed E-state index contributed by atoms with van der Waals surface area (Å²) in [5, 5.41) is 9.75. The van der Waals surface area contributed by atoms with Crippen molar-refractivity contribution in [1.82, 2.24) is 4.72 Å². The van der Waals surface area contributed by atoms with Crippen molar-refractivity contribution in [3.63, 3.8) is 0 Å². The minimum atomic E-state index is -3.92. The summed E-state index contributed by atoms with van der Waals surface area (Å²) in [7, 11) is -2.46. The van der Waals surface area contributed by atoms with E-state index in [1.807, 2.05) is 54.6 Å². The Hall–Kier alpha value is -4.32. The molecule has 0 atom stereocenters. The molecule has 4 aromatic carbocycles. The van der Waals surface area contributed by atoms with Gasteiger partial charge in [-0.2, -0.15) is 5.26 Å². The maximum Gasteiger partial charge on any atom is 0.264 e. The van der Waals surface area contributed by atoms with E-state index in [4.69, 9.17) is 27.3 Å². The lowest BCUT2D eigenvalue weighted by Crippen LogP contribution is -2.36. The lowest BCUT2D eigenvalue weighted by Gasteiger charge is -2.13. The van der Waals surface area contributed by atoms with E-state index in [2.05, 4.69) is 15.8 Å². The summed E-state index contributed by atoms with van der Waals surface area (Å²) in [6.07, 6.45) is 0. The number of nitrogens with two attached hydrogens (primary N) is 1. The molecule has 0 unspecified atom stereocenters. The summed E-state index contributed by atoms with van der Waals surface area (Å²) in [6, 6.07) is 28.9.